The smallest absolute Gasteiger partial charge is 0.260 e. The highest BCUT2D eigenvalue weighted by Gasteiger charge is 2.15. The first kappa shape index (κ1) is 19.1. The van der Waals surface area contributed by atoms with Crippen molar-refractivity contribution >= 4 is 44.8 Å². The normalized spacial score (nSPS) is 10.8. The van der Waals surface area contributed by atoms with E-state index in [1.165, 1.54) is 29.5 Å². The monoisotopic (exact) mass is 405 g/mol. The van der Waals surface area contributed by atoms with Crippen LogP contribution < -0.4 is 10.6 Å². The average Bonchev–Trinajstić information content (AvgIpc) is 3.25. The summed E-state index contributed by atoms with van der Waals surface area (Å²) in [4.78, 5) is 28.4. The predicted octanol–water partition coefficient (Wildman–Crippen LogP) is 3.69. The molecule has 10 heteroatoms. The fourth-order valence-corrected chi connectivity index (χ4v) is 3.57. The Kier molecular flexibility index (Phi) is 5.87. The molecule has 2 heterocycles. The van der Waals surface area contributed by atoms with Gasteiger partial charge in [0.1, 0.15) is 10.8 Å². The maximum atomic E-state index is 13.6. The Hall–Kier alpha value is -2.72. The van der Waals surface area contributed by atoms with E-state index in [0.717, 1.165) is 16.3 Å². The van der Waals surface area contributed by atoms with Crippen molar-refractivity contribution in [2.45, 2.75) is 26.2 Å². The molecule has 0 saturated heterocycles. The van der Waals surface area contributed by atoms with Crippen LogP contribution in [0, 0.1) is 5.82 Å². The number of rotatable bonds is 6. The Morgan fingerprint density at radius 2 is 1.93 bits per heavy atom. The maximum Gasteiger partial charge on any atom is 0.260 e. The molecule has 2 N–H and O–H groups in total. The molecule has 0 aliphatic rings. The summed E-state index contributed by atoms with van der Waals surface area (Å²) in [6.07, 6.45) is 0.0304. The number of nitrogens with zero attached hydrogens (tertiary/aromatic N) is 3. The van der Waals surface area contributed by atoms with Crippen molar-refractivity contribution in [3.05, 3.63) is 51.7 Å². The molecule has 2 aromatic heterocycles. The van der Waals surface area contributed by atoms with Crippen LogP contribution in [0.1, 0.15) is 40.8 Å². The lowest BCUT2D eigenvalue weighted by Crippen LogP contribution is -2.15. The molecule has 27 heavy (non-hydrogen) atoms. The number of carbonyl (C=O) groups excluding carboxylic acids is 2. The molecule has 140 valence electrons. The Balaban J connectivity index is 1.58. The van der Waals surface area contributed by atoms with E-state index in [9.17, 15) is 14.0 Å². The van der Waals surface area contributed by atoms with Gasteiger partial charge < -0.3 is 5.32 Å². The van der Waals surface area contributed by atoms with E-state index in [0.29, 0.717) is 16.0 Å². The van der Waals surface area contributed by atoms with Crippen LogP contribution >= 0.6 is 22.7 Å². The van der Waals surface area contributed by atoms with E-state index in [-0.39, 0.29) is 23.8 Å². The van der Waals surface area contributed by atoms with E-state index in [1.54, 1.807) is 11.4 Å². The van der Waals surface area contributed by atoms with Crippen molar-refractivity contribution in [2.75, 3.05) is 10.6 Å². The molecule has 0 aliphatic heterocycles. The van der Waals surface area contributed by atoms with E-state index >= 15 is 0 Å². The summed E-state index contributed by atoms with van der Waals surface area (Å²) in [7, 11) is 0. The van der Waals surface area contributed by atoms with Gasteiger partial charge in [0.15, 0.2) is 5.13 Å². The van der Waals surface area contributed by atoms with Crippen molar-refractivity contribution < 1.29 is 14.0 Å². The second-order valence-electron chi connectivity index (χ2n) is 5.90. The molecular formula is C17H16FN5O2S2. The fourth-order valence-electron chi connectivity index (χ4n) is 2.10. The average molecular weight is 405 g/mol. The highest BCUT2D eigenvalue weighted by Crippen LogP contribution is 2.23. The number of benzene rings is 1. The van der Waals surface area contributed by atoms with Crippen LogP contribution in [0.5, 0.6) is 0 Å². The van der Waals surface area contributed by atoms with Gasteiger partial charge in [-0.1, -0.05) is 37.3 Å². The van der Waals surface area contributed by atoms with Crippen molar-refractivity contribution in [1.82, 2.24) is 15.2 Å². The summed E-state index contributed by atoms with van der Waals surface area (Å²) in [5.74, 6) is -1.23. The van der Waals surface area contributed by atoms with Crippen LogP contribution in [0.2, 0.25) is 0 Å². The highest BCUT2D eigenvalue weighted by molar-refractivity contribution is 7.15. The number of thiazole rings is 1. The largest absolute Gasteiger partial charge is 0.300 e. The molecule has 0 atom stereocenters. The maximum absolute atomic E-state index is 13.6. The van der Waals surface area contributed by atoms with Gasteiger partial charge in [0.2, 0.25) is 11.0 Å². The van der Waals surface area contributed by atoms with E-state index in [4.69, 9.17) is 0 Å². The minimum Gasteiger partial charge on any atom is -0.300 e. The number of carbonyl (C=O) groups is 2. The van der Waals surface area contributed by atoms with Gasteiger partial charge in [-0.2, -0.15) is 0 Å². The number of aromatic nitrogens is 3. The first-order valence-electron chi connectivity index (χ1n) is 8.06. The molecule has 0 saturated carbocycles. The van der Waals surface area contributed by atoms with Crippen LogP contribution in [-0.2, 0) is 11.2 Å². The zero-order valence-corrected chi connectivity index (χ0v) is 16.2. The first-order chi connectivity index (χ1) is 12.9. The predicted molar refractivity (Wildman–Crippen MR) is 103 cm³/mol. The highest BCUT2D eigenvalue weighted by atomic mass is 32.1. The summed E-state index contributed by atoms with van der Waals surface area (Å²) >= 11 is 2.49. The molecule has 0 fully saturated rings. The second kappa shape index (κ2) is 8.31. The lowest BCUT2D eigenvalue weighted by molar-refractivity contribution is -0.115. The summed E-state index contributed by atoms with van der Waals surface area (Å²) in [6.45, 7) is 4.00. The first-order valence-corrected chi connectivity index (χ1v) is 9.75. The van der Waals surface area contributed by atoms with E-state index in [2.05, 4.69) is 25.8 Å². The Labute approximate surface area is 162 Å². The van der Waals surface area contributed by atoms with Crippen LogP contribution in [0.15, 0.2) is 29.6 Å². The molecule has 0 unspecified atom stereocenters. The lowest BCUT2D eigenvalue weighted by atomic mass is 10.2. The summed E-state index contributed by atoms with van der Waals surface area (Å²) < 4.78 is 13.6. The number of halogens is 1. The number of nitrogens with one attached hydrogen (secondary N) is 2. The molecule has 0 aliphatic carbocycles. The summed E-state index contributed by atoms with van der Waals surface area (Å²) in [6, 6.07) is 5.69. The van der Waals surface area contributed by atoms with Gasteiger partial charge in [-0.3, -0.25) is 14.9 Å². The molecule has 0 radical (unpaired) electrons. The number of hydrogen-bond donors (Lipinski definition) is 2. The van der Waals surface area contributed by atoms with Gasteiger partial charge >= 0.3 is 0 Å². The van der Waals surface area contributed by atoms with Crippen molar-refractivity contribution in [1.29, 1.82) is 0 Å². The van der Waals surface area contributed by atoms with Gasteiger partial charge in [0, 0.05) is 11.3 Å². The standard InChI is InChI=1S/C17H16FN5O2S2/c1-9(2)15-22-23-17(27-15)20-13(24)7-10-8-26-16(19-10)21-14(25)11-5-3-4-6-12(11)18/h3-6,8-9H,7H2,1-2H3,(H,19,21,25)(H,20,23,24). The number of amides is 2. The molecule has 3 rings (SSSR count). The Morgan fingerprint density at radius 1 is 1.15 bits per heavy atom. The molecular weight excluding hydrogens is 389 g/mol. The molecule has 0 spiro atoms. The van der Waals surface area contributed by atoms with Gasteiger partial charge in [-0.15, -0.1) is 21.5 Å². The lowest BCUT2D eigenvalue weighted by Gasteiger charge is -2.02. The second-order valence-corrected chi connectivity index (χ2v) is 7.77. The van der Waals surface area contributed by atoms with Crippen LogP contribution in [0.4, 0.5) is 14.7 Å². The minimum absolute atomic E-state index is 0.0304. The molecule has 1 aromatic carbocycles. The SMILES string of the molecule is CC(C)c1nnc(NC(=O)Cc2csc(NC(=O)c3ccccc3F)n2)s1. The summed E-state index contributed by atoms with van der Waals surface area (Å²) in [5.41, 5.74) is 0.430. The van der Waals surface area contributed by atoms with Crippen LogP contribution in [0.3, 0.4) is 0 Å². The Bertz CT molecular complexity index is 970. The zero-order chi connectivity index (χ0) is 19.4. The van der Waals surface area contributed by atoms with Crippen molar-refractivity contribution in [2.24, 2.45) is 0 Å². The van der Waals surface area contributed by atoms with Crippen molar-refractivity contribution in [3.8, 4) is 0 Å². The third-order valence-electron chi connectivity index (χ3n) is 3.41. The zero-order valence-electron chi connectivity index (χ0n) is 14.5. The van der Waals surface area contributed by atoms with E-state index in [1.807, 2.05) is 13.8 Å². The molecule has 3 aromatic rings. The van der Waals surface area contributed by atoms with Crippen LogP contribution in [-0.4, -0.2) is 27.0 Å². The van der Waals surface area contributed by atoms with Crippen LogP contribution in [0.25, 0.3) is 0 Å². The third kappa shape index (κ3) is 4.92. The number of hydrogen-bond acceptors (Lipinski definition) is 7. The third-order valence-corrected chi connectivity index (χ3v) is 5.36. The minimum atomic E-state index is -0.607. The summed E-state index contributed by atoms with van der Waals surface area (Å²) in [5, 5.41) is 16.4. The van der Waals surface area contributed by atoms with Gasteiger partial charge in [-0.05, 0) is 12.1 Å². The quantitative estimate of drug-likeness (QED) is 0.652. The topological polar surface area (TPSA) is 96.9 Å². The number of anilines is 2. The molecule has 2 amide bonds. The van der Waals surface area contributed by atoms with Gasteiger partial charge in [0.05, 0.1) is 17.7 Å². The Morgan fingerprint density at radius 3 is 2.63 bits per heavy atom. The molecule has 7 nitrogen and oxygen atoms in total. The van der Waals surface area contributed by atoms with Gasteiger partial charge in [-0.25, -0.2) is 9.37 Å². The fraction of sp³-hybridized carbons (Fsp3) is 0.235. The van der Waals surface area contributed by atoms with Gasteiger partial charge in [0.25, 0.3) is 5.91 Å². The van der Waals surface area contributed by atoms with E-state index < -0.39 is 11.7 Å². The van der Waals surface area contributed by atoms with Crippen molar-refractivity contribution in [3.63, 3.8) is 0 Å². The molecule has 0 bridgehead atoms.